The van der Waals surface area contributed by atoms with Crippen LogP contribution in [0.2, 0.25) is 0 Å². The van der Waals surface area contributed by atoms with Gasteiger partial charge in [-0.15, -0.1) is 10.2 Å². The molecule has 0 saturated heterocycles. The first kappa shape index (κ1) is 12.2. The largest absolute Gasteiger partial charge is 0.421 e. The summed E-state index contributed by atoms with van der Waals surface area (Å²) >= 11 is 3.21. The molecule has 0 aliphatic carbocycles. The molecular formula is C11H11BrFN3O. The highest BCUT2D eigenvalue weighted by molar-refractivity contribution is 9.10. The summed E-state index contributed by atoms with van der Waals surface area (Å²) in [5, 5.41) is 7.76. The highest BCUT2D eigenvalue weighted by Gasteiger charge is 2.10. The van der Waals surface area contributed by atoms with Crippen molar-refractivity contribution in [1.82, 2.24) is 10.2 Å². The Hall–Kier alpha value is -1.27. The summed E-state index contributed by atoms with van der Waals surface area (Å²) in [6, 6.07) is 4.45. The van der Waals surface area contributed by atoms with Gasteiger partial charge in [-0.1, -0.05) is 15.9 Å². The van der Waals surface area contributed by atoms with Crippen LogP contribution in [0.3, 0.4) is 0 Å². The van der Waals surface area contributed by atoms with Crippen LogP contribution in [0.5, 0.6) is 0 Å². The number of hydrogen-bond donors (Lipinski definition) is 1. The third kappa shape index (κ3) is 3.10. The van der Waals surface area contributed by atoms with E-state index in [1.807, 2.05) is 0 Å². The van der Waals surface area contributed by atoms with Crippen molar-refractivity contribution in [3.63, 3.8) is 0 Å². The second kappa shape index (κ2) is 5.37. The lowest BCUT2D eigenvalue weighted by molar-refractivity contribution is 0.498. The van der Waals surface area contributed by atoms with Crippen LogP contribution in [0.4, 0.5) is 4.39 Å². The van der Waals surface area contributed by atoms with Gasteiger partial charge in [-0.25, -0.2) is 4.39 Å². The summed E-state index contributed by atoms with van der Waals surface area (Å²) in [6.07, 6.45) is 1.43. The monoisotopic (exact) mass is 299 g/mol. The number of benzene rings is 1. The van der Waals surface area contributed by atoms with Crippen molar-refractivity contribution in [1.29, 1.82) is 0 Å². The molecule has 4 nitrogen and oxygen atoms in total. The first-order valence-corrected chi connectivity index (χ1v) is 5.97. The van der Waals surface area contributed by atoms with Crippen molar-refractivity contribution < 1.29 is 8.81 Å². The third-order valence-electron chi connectivity index (χ3n) is 2.17. The number of nitrogens with zero attached hydrogens (tertiary/aromatic N) is 2. The summed E-state index contributed by atoms with van der Waals surface area (Å²) in [7, 11) is 0. The van der Waals surface area contributed by atoms with Crippen LogP contribution in [0.15, 0.2) is 27.1 Å². The van der Waals surface area contributed by atoms with Gasteiger partial charge in [0.25, 0.3) is 0 Å². The molecule has 2 N–H and O–H groups in total. The zero-order chi connectivity index (χ0) is 12.3. The Balaban J connectivity index is 2.24. The Kier molecular flexibility index (Phi) is 3.86. The van der Waals surface area contributed by atoms with Gasteiger partial charge in [0.1, 0.15) is 5.82 Å². The zero-order valence-electron chi connectivity index (χ0n) is 8.99. The van der Waals surface area contributed by atoms with Crippen molar-refractivity contribution >= 4 is 15.9 Å². The van der Waals surface area contributed by atoms with Gasteiger partial charge in [0.2, 0.25) is 11.8 Å². The van der Waals surface area contributed by atoms with E-state index in [0.29, 0.717) is 34.8 Å². The van der Waals surface area contributed by atoms with Gasteiger partial charge in [-0.05, 0) is 31.2 Å². The Morgan fingerprint density at radius 2 is 2.12 bits per heavy atom. The normalized spacial score (nSPS) is 10.8. The van der Waals surface area contributed by atoms with Crippen LogP contribution in [0.25, 0.3) is 11.5 Å². The lowest BCUT2D eigenvalue weighted by Crippen LogP contribution is -2.00. The molecule has 90 valence electrons. The molecule has 0 unspecified atom stereocenters. The molecule has 17 heavy (non-hydrogen) atoms. The van der Waals surface area contributed by atoms with E-state index in [1.165, 1.54) is 12.1 Å². The van der Waals surface area contributed by atoms with Gasteiger partial charge in [0.15, 0.2) is 0 Å². The second-order valence-corrected chi connectivity index (χ2v) is 4.47. The highest BCUT2D eigenvalue weighted by atomic mass is 79.9. The predicted octanol–water partition coefficient (Wildman–Crippen LogP) is 2.53. The fourth-order valence-electron chi connectivity index (χ4n) is 1.40. The SMILES string of the molecule is NCCCc1nnc(-c2cc(F)cc(Br)c2)o1. The molecule has 0 radical (unpaired) electrons. The maximum Gasteiger partial charge on any atom is 0.247 e. The lowest BCUT2D eigenvalue weighted by atomic mass is 10.2. The van der Waals surface area contributed by atoms with Crippen LogP contribution < -0.4 is 5.73 Å². The Morgan fingerprint density at radius 3 is 2.82 bits per heavy atom. The lowest BCUT2D eigenvalue weighted by Gasteiger charge is -1.97. The summed E-state index contributed by atoms with van der Waals surface area (Å²) in [5.41, 5.74) is 5.95. The molecule has 0 bridgehead atoms. The Morgan fingerprint density at radius 1 is 1.29 bits per heavy atom. The van der Waals surface area contributed by atoms with E-state index >= 15 is 0 Å². The van der Waals surface area contributed by atoms with Gasteiger partial charge in [-0.3, -0.25) is 0 Å². The maximum absolute atomic E-state index is 13.2. The van der Waals surface area contributed by atoms with E-state index in [1.54, 1.807) is 6.07 Å². The number of aryl methyl sites for hydroxylation is 1. The first-order valence-electron chi connectivity index (χ1n) is 5.18. The topological polar surface area (TPSA) is 64.9 Å². The van der Waals surface area contributed by atoms with Crippen LogP contribution in [0, 0.1) is 5.82 Å². The van der Waals surface area contributed by atoms with E-state index in [9.17, 15) is 4.39 Å². The van der Waals surface area contributed by atoms with Crippen molar-refractivity contribution in [2.24, 2.45) is 5.73 Å². The van der Waals surface area contributed by atoms with Crippen molar-refractivity contribution in [2.75, 3.05) is 6.54 Å². The van der Waals surface area contributed by atoms with Crippen molar-refractivity contribution in [2.45, 2.75) is 12.8 Å². The molecule has 1 heterocycles. The number of rotatable bonds is 4. The van der Waals surface area contributed by atoms with Gasteiger partial charge in [-0.2, -0.15) is 0 Å². The maximum atomic E-state index is 13.2. The molecule has 2 aromatic rings. The van der Waals surface area contributed by atoms with Gasteiger partial charge in [0, 0.05) is 16.5 Å². The number of aromatic nitrogens is 2. The fraction of sp³-hybridized carbons (Fsp3) is 0.273. The van der Waals surface area contributed by atoms with E-state index in [2.05, 4.69) is 26.1 Å². The second-order valence-electron chi connectivity index (χ2n) is 3.55. The van der Waals surface area contributed by atoms with Crippen LogP contribution in [-0.4, -0.2) is 16.7 Å². The first-order chi connectivity index (χ1) is 8.19. The molecule has 0 spiro atoms. The van der Waals surface area contributed by atoms with E-state index in [4.69, 9.17) is 10.2 Å². The molecule has 2 rings (SSSR count). The molecule has 0 atom stereocenters. The number of hydrogen-bond acceptors (Lipinski definition) is 4. The van der Waals surface area contributed by atoms with E-state index in [-0.39, 0.29) is 5.82 Å². The Bertz CT molecular complexity index is 495. The van der Waals surface area contributed by atoms with E-state index in [0.717, 1.165) is 6.42 Å². The molecule has 0 saturated carbocycles. The minimum Gasteiger partial charge on any atom is -0.421 e. The third-order valence-corrected chi connectivity index (χ3v) is 2.63. The molecule has 0 fully saturated rings. The minimum absolute atomic E-state index is 0.317. The average molecular weight is 300 g/mol. The number of nitrogens with two attached hydrogens (primary N) is 1. The molecule has 1 aromatic carbocycles. The highest BCUT2D eigenvalue weighted by Crippen LogP contribution is 2.23. The molecule has 0 aliphatic rings. The van der Waals surface area contributed by atoms with Gasteiger partial charge in [0.05, 0.1) is 0 Å². The summed E-state index contributed by atoms with van der Waals surface area (Å²) in [5.74, 6) is 0.485. The quantitative estimate of drug-likeness (QED) is 0.942. The molecular weight excluding hydrogens is 289 g/mol. The molecule has 1 aromatic heterocycles. The van der Waals surface area contributed by atoms with Gasteiger partial charge < -0.3 is 10.2 Å². The van der Waals surface area contributed by atoms with Crippen molar-refractivity contribution in [3.8, 4) is 11.5 Å². The summed E-state index contributed by atoms with van der Waals surface area (Å²) in [6.45, 7) is 0.573. The van der Waals surface area contributed by atoms with Gasteiger partial charge >= 0.3 is 0 Å². The van der Waals surface area contributed by atoms with Crippen molar-refractivity contribution in [3.05, 3.63) is 34.4 Å². The summed E-state index contributed by atoms with van der Waals surface area (Å²) < 4.78 is 19.2. The van der Waals surface area contributed by atoms with Crippen LogP contribution >= 0.6 is 15.9 Å². The zero-order valence-corrected chi connectivity index (χ0v) is 10.6. The molecule has 0 amide bonds. The molecule has 0 aliphatic heterocycles. The predicted molar refractivity (Wildman–Crippen MR) is 64.8 cm³/mol. The molecule has 6 heteroatoms. The fourth-order valence-corrected chi connectivity index (χ4v) is 1.87. The summed E-state index contributed by atoms with van der Waals surface area (Å²) in [4.78, 5) is 0. The smallest absolute Gasteiger partial charge is 0.247 e. The minimum atomic E-state index is -0.351. The van der Waals surface area contributed by atoms with Crippen LogP contribution in [-0.2, 0) is 6.42 Å². The van der Waals surface area contributed by atoms with Crippen LogP contribution in [0.1, 0.15) is 12.3 Å². The Labute approximate surface area is 106 Å². The van der Waals surface area contributed by atoms with E-state index < -0.39 is 0 Å². The average Bonchev–Trinajstić information content (AvgIpc) is 2.73. The standard InChI is InChI=1S/C11H11BrFN3O/c12-8-4-7(5-9(13)6-8)11-16-15-10(17-11)2-1-3-14/h4-6H,1-3,14H2. The number of halogens is 2.